The molecular formula is C14H8ClN3O3. The molecule has 1 amide bonds. The predicted octanol–water partition coefficient (Wildman–Crippen LogP) is 2.56. The van der Waals surface area contributed by atoms with Gasteiger partial charge in [0.1, 0.15) is 11.8 Å². The number of nitrogens with one attached hydrogen (secondary N) is 1. The number of carboxylic acid groups (broad SMARTS) is 1. The minimum Gasteiger partial charge on any atom is -0.478 e. The molecule has 0 radical (unpaired) electrons. The SMILES string of the molecule is N#Cc1ccc(C(=O)Nc2cc(C(=O)O)ccc2Cl)nc1. The Hall–Kier alpha value is -2.91. The average molecular weight is 302 g/mol. The Balaban J connectivity index is 2.24. The lowest BCUT2D eigenvalue weighted by Crippen LogP contribution is -2.14. The van der Waals surface area contributed by atoms with Gasteiger partial charge in [-0.2, -0.15) is 5.26 Å². The molecule has 0 saturated heterocycles. The number of hydrogen-bond acceptors (Lipinski definition) is 4. The Morgan fingerprint density at radius 3 is 2.62 bits per heavy atom. The van der Waals surface area contributed by atoms with Gasteiger partial charge in [0.05, 0.1) is 21.8 Å². The molecule has 1 aromatic heterocycles. The quantitative estimate of drug-likeness (QED) is 0.906. The smallest absolute Gasteiger partial charge is 0.335 e. The number of nitrogens with zero attached hydrogens (tertiary/aromatic N) is 2. The molecule has 0 spiro atoms. The van der Waals surface area contributed by atoms with Gasteiger partial charge in [-0.15, -0.1) is 0 Å². The molecule has 0 unspecified atom stereocenters. The van der Waals surface area contributed by atoms with E-state index in [-0.39, 0.29) is 22.0 Å². The molecule has 0 fully saturated rings. The number of carbonyl (C=O) groups excluding carboxylic acids is 1. The molecule has 2 aromatic rings. The molecule has 21 heavy (non-hydrogen) atoms. The zero-order chi connectivity index (χ0) is 15.4. The Bertz CT molecular complexity index is 751. The van der Waals surface area contributed by atoms with Crippen molar-refractivity contribution in [2.45, 2.75) is 0 Å². The first-order valence-electron chi connectivity index (χ1n) is 5.71. The Labute approximate surface area is 124 Å². The molecule has 1 heterocycles. The third kappa shape index (κ3) is 3.35. The summed E-state index contributed by atoms with van der Waals surface area (Å²) in [6.07, 6.45) is 1.27. The van der Waals surface area contributed by atoms with Crippen LogP contribution < -0.4 is 5.32 Å². The van der Waals surface area contributed by atoms with Crippen molar-refractivity contribution in [1.82, 2.24) is 4.98 Å². The Morgan fingerprint density at radius 2 is 2.05 bits per heavy atom. The van der Waals surface area contributed by atoms with Crippen molar-refractivity contribution in [1.29, 1.82) is 5.26 Å². The number of aromatic nitrogens is 1. The number of carbonyl (C=O) groups is 2. The van der Waals surface area contributed by atoms with E-state index >= 15 is 0 Å². The molecule has 2 N–H and O–H groups in total. The number of hydrogen-bond donors (Lipinski definition) is 2. The van der Waals surface area contributed by atoms with E-state index in [1.165, 1.54) is 36.5 Å². The molecule has 2 rings (SSSR count). The van der Waals surface area contributed by atoms with E-state index in [9.17, 15) is 9.59 Å². The molecule has 0 atom stereocenters. The first kappa shape index (κ1) is 14.5. The Kier molecular flexibility index (Phi) is 4.16. The van der Waals surface area contributed by atoms with Gasteiger partial charge < -0.3 is 10.4 Å². The molecule has 0 aliphatic rings. The van der Waals surface area contributed by atoms with E-state index in [0.717, 1.165) is 0 Å². The highest BCUT2D eigenvalue weighted by Gasteiger charge is 2.12. The van der Waals surface area contributed by atoms with Crippen molar-refractivity contribution in [3.8, 4) is 6.07 Å². The number of amides is 1. The maximum atomic E-state index is 12.0. The fourth-order valence-electron chi connectivity index (χ4n) is 1.53. The van der Waals surface area contributed by atoms with Gasteiger partial charge in [-0.1, -0.05) is 11.6 Å². The second-order valence-corrected chi connectivity index (χ2v) is 4.41. The lowest BCUT2D eigenvalue weighted by atomic mass is 10.2. The van der Waals surface area contributed by atoms with Crippen LogP contribution in [0.15, 0.2) is 36.5 Å². The largest absolute Gasteiger partial charge is 0.478 e. The average Bonchev–Trinajstić information content (AvgIpc) is 2.49. The van der Waals surface area contributed by atoms with Crippen LogP contribution in [0.4, 0.5) is 5.69 Å². The van der Waals surface area contributed by atoms with Crippen LogP contribution in [0, 0.1) is 11.3 Å². The van der Waals surface area contributed by atoms with Gasteiger partial charge in [-0.05, 0) is 30.3 Å². The summed E-state index contributed by atoms with van der Waals surface area (Å²) in [6.45, 7) is 0. The standard InChI is InChI=1S/C14H8ClN3O3/c15-10-3-2-9(14(20)21)5-12(10)18-13(19)11-4-1-8(6-16)7-17-11/h1-5,7H,(H,18,19)(H,20,21). The zero-order valence-corrected chi connectivity index (χ0v) is 11.3. The minimum atomic E-state index is -1.13. The van der Waals surface area contributed by atoms with Gasteiger partial charge in [0.25, 0.3) is 5.91 Å². The fourth-order valence-corrected chi connectivity index (χ4v) is 1.70. The lowest BCUT2D eigenvalue weighted by Gasteiger charge is -2.07. The number of aromatic carboxylic acids is 1. The highest BCUT2D eigenvalue weighted by atomic mass is 35.5. The van der Waals surface area contributed by atoms with Gasteiger partial charge in [-0.25, -0.2) is 9.78 Å². The number of halogens is 1. The third-order valence-corrected chi connectivity index (χ3v) is 2.92. The van der Waals surface area contributed by atoms with E-state index in [4.69, 9.17) is 22.0 Å². The van der Waals surface area contributed by atoms with Crippen LogP contribution in [-0.4, -0.2) is 22.0 Å². The number of anilines is 1. The van der Waals surface area contributed by atoms with E-state index in [1.807, 2.05) is 6.07 Å². The first-order chi connectivity index (χ1) is 10.0. The van der Waals surface area contributed by atoms with Crippen molar-refractivity contribution in [2.24, 2.45) is 0 Å². The molecule has 7 heteroatoms. The van der Waals surface area contributed by atoms with Crippen LogP contribution in [0.25, 0.3) is 0 Å². The monoisotopic (exact) mass is 301 g/mol. The van der Waals surface area contributed by atoms with E-state index in [1.54, 1.807) is 0 Å². The number of carboxylic acids is 1. The number of nitriles is 1. The van der Waals surface area contributed by atoms with Crippen molar-refractivity contribution in [2.75, 3.05) is 5.32 Å². The topological polar surface area (TPSA) is 103 Å². The normalized spacial score (nSPS) is 9.71. The number of pyridine rings is 1. The lowest BCUT2D eigenvalue weighted by molar-refractivity contribution is 0.0696. The summed E-state index contributed by atoms with van der Waals surface area (Å²) in [7, 11) is 0. The summed E-state index contributed by atoms with van der Waals surface area (Å²) >= 11 is 5.91. The van der Waals surface area contributed by atoms with Gasteiger partial charge in [0, 0.05) is 6.20 Å². The molecule has 1 aromatic carbocycles. The highest BCUT2D eigenvalue weighted by Crippen LogP contribution is 2.23. The van der Waals surface area contributed by atoms with Crippen molar-refractivity contribution < 1.29 is 14.7 Å². The fraction of sp³-hybridized carbons (Fsp3) is 0. The van der Waals surface area contributed by atoms with Crippen LogP contribution in [0.1, 0.15) is 26.4 Å². The van der Waals surface area contributed by atoms with Crippen LogP contribution in [0.3, 0.4) is 0 Å². The molecule has 0 aliphatic heterocycles. The van der Waals surface area contributed by atoms with Gasteiger partial charge >= 0.3 is 5.97 Å². The van der Waals surface area contributed by atoms with Crippen LogP contribution >= 0.6 is 11.6 Å². The summed E-state index contributed by atoms with van der Waals surface area (Å²) in [5.41, 5.74) is 0.596. The van der Waals surface area contributed by atoms with Gasteiger partial charge in [0.2, 0.25) is 0 Å². The first-order valence-corrected chi connectivity index (χ1v) is 6.09. The molecule has 0 aliphatic carbocycles. The summed E-state index contributed by atoms with van der Waals surface area (Å²) in [4.78, 5) is 26.7. The van der Waals surface area contributed by atoms with Crippen LogP contribution in [0.5, 0.6) is 0 Å². The third-order valence-electron chi connectivity index (χ3n) is 2.59. The molecular weight excluding hydrogens is 294 g/mol. The van der Waals surface area contributed by atoms with Crippen molar-refractivity contribution in [3.63, 3.8) is 0 Å². The summed E-state index contributed by atoms with van der Waals surface area (Å²) in [5, 5.41) is 20.3. The van der Waals surface area contributed by atoms with Crippen LogP contribution in [0.2, 0.25) is 5.02 Å². The molecule has 6 nitrogen and oxygen atoms in total. The second kappa shape index (κ2) is 6.03. The molecule has 0 saturated carbocycles. The van der Waals surface area contributed by atoms with E-state index < -0.39 is 11.9 Å². The van der Waals surface area contributed by atoms with Gasteiger partial charge in [-0.3, -0.25) is 4.79 Å². The van der Waals surface area contributed by atoms with Crippen molar-refractivity contribution in [3.05, 3.63) is 58.4 Å². The van der Waals surface area contributed by atoms with Crippen LogP contribution in [-0.2, 0) is 0 Å². The maximum Gasteiger partial charge on any atom is 0.335 e. The molecule has 104 valence electrons. The predicted molar refractivity (Wildman–Crippen MR) is 75.3 cm³/mol. The zero-order valence-electron chi connectivity index (χ0n) is 10.5. The molecule has 0 bridgehead atoms. The number of benzene rings is 1. The second-order valence-electron chi connectivity index (χ2n) is 4.00. The van der Waals surface area contributed by atoms with Crippen molar-refractivity contribution >= 4 is 29.2 Å². The van der Waals surface area contributed by atoms with E-state index in [0.29, 0.717) is 5.56 Å². The highest BCUT2D eigenvalue weighted by molar-refractivity contribution is 6.34. The summed E-state index contributed by atoms with van der Waals surface area (Å²) in [6, 6.07) is 8.71. The minimum absolute atomic E-state index is 0.00230. The van der Waals surface area contributed by atoms with E-state index in [2.05, 4.69) is 10.3 Å². The summed E-state index contributed by atoms with van der Waals surface area (Å²) in [5.74, 6) is -1.68. The maximum absolute atomic E-state index is 12.0. The number of rotatable bonds is 3. The Morgan fingerprint density at radius 1 is 1.29 bits per heavy atom. The van der Waals surface area contributed by atoms with Gasteiger partial charge in [0.15, 0.2) is 0 Å². The summed E-state index contributed by atoms with van der Waals surface area (Å²) < 4.78 is 0.